The molecule has 1 fully saturated rings. The Morgan fingerprint density at radius 2 is 1.95 bits per heavy atom. The second kappa shape index (κ2) is 8.24. The van der Waals surface area contributed by atoms with Gasteiger partial charge in [-0.3, -0.25) is 14.5 Å². The molecule has 0 amide bonds. The third-order valence-electron chi connectivity index (χ3n) is 7.89. The van der Waals surface area contributed by atoms with E-state index in [1.54, 1.807) is 11.5 Å². The number of aromatic nitrogens is 2. The lowest BCUT2D eigenvalue weighted by Crippen LogP contribution is -2.44. The number of carbonyl (C=O) groups excluding carboxylic acids is 1. The minimum atomic E-state index is -4.37. The number of hydrogen-bond donors (Lipinski definition) is 1. The van der Waals surface area contributed by atoms with Gasteiger partial charge in [-0.1, -0.05) is 6.92 Å². The van der Waals surface area contributed by atoms with E-state index in [0.717, 1.165) is 6.07 Å². The van der Waals surface area contributed by atoms with Gasteiger partial charge in [-0.25, -0.2) is 9.18 Å². The van der Waals surface area contributed by atoms with Gasteiger partial charge in [0.1, 0.15) is 12.4 Å². The van der Waals surface area contributed by atoms with E-state index in [1.807, 2.05) is 0 Å². The predicted octanol–water partition coefficient (Wildman–Crippen LogP) is 2.79. The van der Waals surface area contributed by atoms with Gasteiger partial charge in [0, 0.05) is 30.1 Å². The maximum Gasteiger partial charge on any atom is 0.401 e. The lowest BCUT2D eigenvalue weighted by molar-refractivity contribution is -0.172. The molecule has 0 aliphatic carbocycles. The minimum Gasteiger partial charge on any atom is -0.458 e. The quantitative estimate of drug-likeness (QED) is 0.322. The van der Waals surface area contributed by atoms with Crippen LogP contribution in [-0.4, -0.2) is 50.9 Å². The van der Waals surface area contributed by atoms with Crippen LogP contribution in [0.5, 0.6) is 0 Å². The summed E-state index contributed by atoms with van der Waals surface area (Å²) in [5.41, 5.74) is -1.95. The van der Waals surface area contributed by atoms with E-state index in [9.17, 15) is 37.1 Å². The molecular weight excluding hydrogens is 510 g/mol. The third-order valence-corrected chi connectivity index (χ3v) is 7.89. The van der Waals surface area contributed by atoms with E-state index < -0.39 is 47.1 Å². The number of benzene rings is 1. The number of fused-ring (bicyclic) bond motifs is 5. The number of pyridine rings is 2. The zero-order valence-electron chi connectivity index (χ0n) is 20.3. The molecule has 3 aliphatic rings. The van der Waals surface area contributed by atoms with Gasteiger partial charge in [-0.15, -0.1) is 0 Å². The van der Waals surface area contributed by atoms with Crippen molar-refractivity contribution in [2.45, 2.75) is 50.7 Å². The van der Waals surface area contributed by atoms with Crippen molar-refractivity contribution in [2.24, 2.45) is 0 Å². The van der Waals surface area contributed by atoms with E-state index in [0.29, 0.717) is 17.6 Å². The molecule has 1 N–H and O–H groups in total. The van der Waals surface area contributed by atoms with Crippen molar-refractivity contribution in [1.82, 2.24) is 14.0 Å². The van der Waals surface area contributed by atoms with Gasteiger partial charge < -0.3 is 19.0 Å². The molecule has 6 rings (SSSR count). The Hall–Kier alpha value is -3.51. The Balaban J connectivity index is 1.59. The molecule has 2 aromatic heterocycles. The summed E-state index contributed by atoms with van der Waals surface area (Å²) in [5.74, 6) is -1.56. The van der Waals surface area contributed by atoms with Crippen molar-refractivity contribution < 1.29 is 32.2 Å². The first-order valence-corrected chi connectivity index (χ1v) is 12.3. The maximum absolute atomic E-state index is 14.3. The molecule has 12 heteroatoms. The molecule has 3 aliphatic heterocycles. The number of alkyl halides is 3. The first kappa shape index (κ1) is 24.8. The number of halogens is 4. The van der Waals surface area contributed by atoms with Crippen LogP contribution in [0.25, 0.3) is 22.2 Å². The molecule has 0 radical (unpaired) electrons. The Labute approximate surface area is 212 Å². The Morgan fingerprint density at radius 1 is 1.18 bits per heavy atom. The van der Waals surface area contributed by atoms with Gasteiger partial charge in [-0.05, 0) is 37.1 Å². The van der Waals surface area contributed by atoms with Crippen LogP contribution in [0.1, 0.15) is 42.6 Å². The van der Waals surface area contributed by atoms with Crippen molar-refractivity contribution in [3.05, 3.63) is 67.5 Å². The van der Waals surface area contributed by atoms with Gasteiger partial charge in [-0.2, -0.15) is 13.2 Å². The van der Waals surface area contributed by atoms with Crippen molar-refractivity contribution in [1.29, 1.82) is 0 Å². The molecule has 1 saturated heterocycles. The number of aliphatic hydroxyl groups is 1. The van der Waals surface area contributed by atoms with E-state index in [1.165, 1.54) is 27.7 Å². The fourth-order valence-electron chi connectivity index (χ4n) is 6.10. The second-order valence-electron chi connectivity index (χ2n) is 10.1. The SMILES string of the molecule is CC[C@@]1(O)C(=O)OCc2c1cc1n(c2=O)Cc2c-1c(=O)c1cc(F)ccc1n2[C@@H]1CCN(CC(F)(F)F)C1. The van der Waals surface area contributed by atoms with Gasteiger partial charge in [0.15, 0.2) is 11.0 Å². The summed E-state index contributed by atoms with van der Waals surface area (Å²) in [5, 5.41) is 11.1. The summed E-state index contributed by atoms with van der Waals surface area (Å²) in [6, 6.07) is 4.67. The van der Waals surface area contributed by atoms with Crippen LogP contribution in [0.15, 0.2) is 33.9 Å². The van der Waals surface area contributed by atoms with Crippen molar-refractivity contribution >= 4 is 16.9 Å². The van der Waals surface area contributed by atoms with Gasteiger partial charge in [0.2, 0.25) is 0 Å². The van der Waals surface area contributed by atoms with Gasteiger partial charge in [0.05, 0.1) is 41.1 Å². The van der Waals surface area contributed by atoms with E-state index in [2.05, 4.69) is 0 Å². The Bertz CT molecular complexity index is 1640. The number of rotatable bonds is 3. The van der Waals surface area contributed by atoms with Crippen LogP contribution in [0.4, 0.5) is 17.6 Å². The number of esters is 1. The maximum atomic E-state index is 14.3. The fourth-order valence-corrected chi connectivity index (χ4v) is 6.10. The first-order valence-electron chi connectivity index (χ1n) is 12.3. The summed E-state index contributed by atoms with van der Waals surface area (Å²) in [6.45, 7) is 0.338. The molecule has 0 unspecified atom stereocenters. The summed E-state index contributed by atoms with van der Waals surface area (Å²) in [4.78, 5) is 41.0. The largest absolute Gasteiger partial charge is 0.458 e. The number of ether oxygens (including phenoxy) is 1. The molecule has 2 atom stereocenters. The van der Waals surface area contributed by atoms with Crippen LogP contribution in [0.3, 0.4) is 0 Å². The zero-order chi connectivity index (χ0) is 27.1. The second-order valence-corrected chi connectivity index (χ2v) is 10.1. The summed E-state index contributed by atoms with van der Waals surface area (Å²) in [6.07, 6.45) is -4.08. The normalized spacial score (nSPS) is 22.9. The van der Waals surface area contributed by atoms with Crippen LogP contribution < -0.4 is 11.0 Å². The van der Waals surface area contributed by atoms with E-state index in [4.69, 9.17) is 4.74 Å². The standard InChI is InChI=1S/C26H23F4N3O5/c1-2-25(37)17-8-19-21-20(10-32(19)23(35)16(17)11-38-24(25)36)33(14-5-6-31(9-14)12-26(28,29)30)18-4-3-13(27)7-15(18)22(21)34/h3-4,7-8,14,37H,2,5-6,9-12H2,1H3/t14-,25+/m1/s1. The summed E-state index contributed by atoms with van der Waals surface area (Å²) < 4.78 is 61.7. The monoisotopic (exact) mass is 533 g/mol. The number of hydrogen-bond acceptors (Lipinski definition) is 6. The molecule has 5 heterocycles. The third kappa shape index (κ3) is 3.53. The predicted molar refractivity (Wildman–Crippen MR) is 127 cm³/mol. The van der Waals surface area contributed by atoms with Crippen LogP contribution in [-0.2, 0) is 28.3 Å². The minimum absolute atomic E-state index is 0.0294. The highest BCUT2D eigenvalue weighted by molar-refractivity contribution is 5.88. The highest BCUT2D eigenvalue weighted by Gasteiger charge is 2.46. The van der Waals surface area contributed by atoms with Gasteiger partial charge in [0.25, 0.3) is 5.56 Å². The van der Waals surface area contributed by atoms with Crippen LogP contribution >= 0.6 is 0 Å². The molecule has 1 aromatic carbocycles. The molecular formula is C26H23F4N3O5. The average molecular weight is 533 g/mol. The Morgan fingerprint density at radius 3 is 2.66 bits per heavy atom. The zero-order valence-corrected chi connectivity index (χ0v) is 20.3. The highest BCUT2D eigenvalue weighted by Crippen LogP contribution is 2.40. The molecule has 0 bridgehead atoms. The van der Waals surface area contributed by atoms with E-state index >= 15 is 0 Å². The van der Waals surface area contributed by atoms with Crippen molar-refractivity contribution in [3.8, 4) is 11.3 Å². The lowest BCUT2D eigenvalue weighted by Gasteiger charge is -2.31. The molecule has 38 heavy (non-hydrogen) atoms. The molecule has 3 aromatic rings. The van der Waals surface area contributed by atoms with Crippen LogP contribution in [0.2, 0.25) is 0 Å². The van der Waals surface area contributed by atoms with Gasteiger partial charge >= 0.3 is 12.1 Å². The first-order chi connectivity index (χ1) is 17.9. The lowest BCUT2D eigenvalue weighted by atomic mass is 9.85. The van der Waals surface area contributed by atoms with Crippen molar-refractivity contribution in [2.75, 3.05) is 19.6 Å². The average Bonchev–Trinajstić information content (AvgIpc) is 3.46. The summed E-state index contributed by atoms with van der Waals surface area (Å²) >= 11 is 0. The summed E-state index contributed by atoms with van der Waals surface area (Å²) in [7, 11) is 0. The molecule has 200 valence electrons. The topological polar surface area (TPSA) is 93.8 Å². The Kier molecular flexibility index (Phi) is 5.38. The highest BCUT2D eigenvalue weighted by atomic mass is 19.4. The van der Waals surface area contributed by atoms with Crippen molar-refractivity contribution in [3.63, 3.8) is 0 Å². The number of carbonyl (C=O) groups is 1. The fraction of sp³-hybridized carbons (Fsp3) is 0.423. The number of cyclic esters (lactones) is 1. The smallest absolute Gasteiger partial charge is 0.401 e. The van der Waals surface area contributed by atoms with E-state index in [-0.39, 0.29) is 60.4 Å². The molecule has 0 saturated carbocycles. The van der Waals surface area contributed by atoms with Crippen LogP contribution in [0, 0.1) is 5.82 Å². The number of likely N-dealkylation sites (tertiary alicyclic amines) is 1. The molecule has 0 spiro atoms. The number of nitrogens with zero attached hydrogens (tertiary/aromatic N) is 3. The molecule has 8 nitrogen and oxygen atoms in total.